The van der Waals surface area contributed by atoms with Crippen LogP contribution in [0.4, 0.5) is 16.2 Å². The van der Waals surface area contributed by atoms with Gasteiger partial charge in [0.2, 0.25) is 0 Å². The maximum Gasteiger partial charge on any atom is 0.326 e. The molecule has 2 N–H and O–H groups in total. The molecule has 120 valence electrons. The molecule has 2 amide bonds. The van der Waals surface area contributed by atoms with Crippen LogP contribution in [0.5, 0.6) is 5.75 Å². The summed E-state index contributed by atoms with van der Waals surface area (Å²) in [5.74, 6) is 0.655. The van der Waals surface area contributed by atoms with Crippen molar-refractivity contribution in [2.24, 2.45) is 0 Å². The van der Waals surface area contributed by atoms with Crippen molar-refractivity contribution in [3.63, 3.8) is 0 Å². The summed E-state index contributed by atoms with van der Waals surface area (Å²) in [5.41, 5.74) is 2.05. The molecule has 2 aromatic carbocycles. The summed E-state index contributed by atoms with van der Waals surface area (Å²) >= 11 is 5.85. The van der Waals surface area contributed by atoms with Gasteiger partial charge in [-0.05, 0) is 48.9 Å². The Kier molecular flexibility index (Phi) is 4.41. The van der Waals surface area contributed by atoms with E-state index in [1.165, 1.54) is 0 Å². The molecular formula is C17H17ClN2O3. The van der Waals surface area contributed by atoms with Crippen molar-refractivity contribution in [3.05, 3.63) is 53.1 Å². The van der Waals surface area contributed by atoms with Crippen LogP contribution in [0.1, 0.15) is 18.1 Å². The van der Waals surface area contributed by atoms with E-state index in [0.717, 1.165) is 0 Å². The van der Waals surface area contributed by atoms with E-state index >= 15 is 0 Å². The van der Waals surface area contributed by atoms with Crippen LogP contribution in [0.25, 0.3) is 0 Å². The first-order valence-electron chi connectivity index (χ1n) is 7.28. The molecule has 23 heavy (non-hydrogen) atoms. The molecule has 1 aliphatic rings. The second-order valence-corrected chi connectivity index (χ2v) is 5.75. The van der Waals surface area contributed by atoms with E-state index < -0.39 is 6.10 Å². The highest BCUT2D eigenvalue weighted by molar-refractivity contribution is 6.30. The van der Waals surface area contributed by atoms with E-state index in [4.69, 9.17) is 16.3 Å². The maximum absolute atomic E-state index is 12.5. The number of urea groups is 1. The lowest BCUT2D eigenvalue weighted by atomic mass is 9.99. The van der Waals surface area contributed by atoms with Gasteiger partial charge in [0.15, 0.2) is 0 Å². The summed E-state index contributed by atoms with van der Waals surface area (Å²) in [4.78, 5) is 14.2. The first-order valence-corrected chi connectivity index (χ1v) is 7.66. The third-order valence-electron chi connectivity index (χ3n) is 3.85. The Morgan fingerprint density at radius 1 is 1.30 bits per heavy atom. The number of fused-ring (bicyclic) bond motifs is 1. The summed E-state index contributed by atoms with van der Waals surface area (Å²) in [6.07, 6.45) is -0.117. The fraction of sp³-hybridized carbons (Fsp3) is 0.235. The fourth-order valence-corrected chi connectivity index (χ4v) is 2.76. The molecule has 0 spiro atoms. The van der Waals surface area contributed by atoms with Gasteiger partial charge in [-0.3, -0.25) is 4.90 Å². The second kappa shape index (κ2) is 6.48. The van der Waals surface area contributed by atoms with Gasteiger partial charge >= 0.3 is 6.03 Å². The third kappa shape index (κ3) is 3.25. The van der Waals surface area contributed by atoms with Crippen molar-refractivity contribution in [2.75, 3.05) is 23.9 Å². The number of anilines is 2. The van der Waals surface area contributed by atoms with Crippen LogP contribution < -0.4 is 15.0 Å². The van der Waals surface area contributed by atoms with E-state index in [2.05, 4.69) is 5.32 Å². The number of aliphatic hydroxyl groups is 1. The molecule has 0 bridgehead atoms. The molecule has 1 unspecified atom stereocenters. The van der Waals surface area contributed by atoms with Gasteiger partial charge in [-0.25, -0.2) is 4.79 Å². The van der Waals surface area contributed by atoms with E-state index in [1.54, 1.807) is 54.5 Å². The number of hydrogen-bond acceptors (Lipinski definition) is 3. The number of carbonyl (C=O) groups excluding carboxylic acids is 1. The van der Waals surface area contributed by atoms with Crippen molar-refractivity contribution in [3.8, 4) is 5.75 Å². The number of nitrogens with zero attached hydrogens (tertiary/aromatic N) is 1. The molecule has 2 aromatic rings. The average Bonchev–Trinajstić information content (AvgIpc) is 2.57. The van der Waals surface area contributed by atoms with Crippen molar-refractivity contribution in [2.45, 2.75) is 12.5 Å². The highest BCUT2D eigenvalue weighted by Gasteiger charge is 2.28. The highest BCUT2D eigenvalue weighted by Crippen LogP contribution is 2.36. The zero-order chi connectivity index (χ0) is 16.4. The van der Waals surface area contributed by atoms with Crippen LogP contribution in [0, 0.1) is 0 Å². The molecule has 0 saturated heterocycles. The van der Waals surface area contributed by atoms with E-state index in [0.29, 0.717) is 40.7 Å². The van der Waals surface area contributed by atoms with Crippen LogP contribution in [0.15, 0.2) is 42.5 Å². The molecule has 0 aliphatic carbocycles. The van der Waals surface area contributed by atoms with Crippen molar-refractivity contribution >= 4 is 29.0 Å². The topological polar surface area (TPSA) is 61.8 Å². The summed E-state index contributed by atoms with van der Waals surface area (Å²) < 4.78 is 5.19. The van der Waals surface area contributed by atoms with Crippen LogP contribution >= 0.6 is 11.6 Å². The normalized spacial score (nSPS) is 16.7. The second-order valence-electron chi connectivity index (χ2n) is 5.32. The predicted octanol–water partition coefficient (Wildman–Crippen LogP) is 3.82. The SMILES string of the molecule is COc1ccc2c(c1)C(O)CCN2C(=O)Nc1ccc(Cl)cc1. The van der Waals surface area contributed by atoms with E-state index in [9.17, 15) is 9.90 Å². The van der Waals surface area contributed by atoms with Gasteiger partial charge in [0.05, 0.1) is 18.9 Å². The number of amides is 2. The largest absolute Gasteiger partial charge is 0.497 e. The predicted molar refractivity (Wildman–Crippen MR) is 90.4 cm³/mol. The number of nitrogens with one attached hydrogen (secondary N) is 1. The maximum atomic E-state index is 12.5. The number of methoxy groups -OCH3 is 1. The highest BCUT2D eigenvalue weighted by atomic mass is 35.5. The molecule has 1 aliphatic heterocycles. The van der Waals surface area contributed by atoms with Gasteiger partial charge in [0, 0.05) is 22.8 Å². The Balaban J connectivity index is 1.85. The lowest BCUT2D eigenvalue weighted by Crippen LogP contribution is -2.39. The zero-order valence-electron chi connectivity index (χ0n) is 12.6. The molecule has 0 fully saturated rings. The van der Waals surface area contributed by atoms with Gasteiger partial charge in [0.25, 0.3) is 0 Å². The van der Waals surface area contributed by atoms with Crippen molar-refractivity contribution in [1.29, 1.82) is 0 Å². The van der Waals surface area contributed by atoms with Crippen molar-refractivity contribution < 1.29 is 14.6 Å². The number of aliphatic hydroxyl groups excluding tert-OH is 1. The third-order valence-corrected chi connectivity index (χ3v) is 4.10. The molecule has 1 heterocycles. The number of benzene rings is 2. The molecule has 0 saturated carbocycles. The minimum Gasteiger partial charge on any atom is -0.497 e. The van der Waals surface area contributed by atoms with Gasteiger partial charge in [0.1, 0.15) is 5.75 Å². The molecule has 3 rings (SSSR count). The van der Waals surface area contributed by atoms with Gasteiger partial charge in [-0.15, -0.1) is 0 Å². The molecular weight excluding hydrogens is 316 g/mol. The lowest BCUT2D eigenvalue weighted by molar-refractivity contribution is 0.164. The Bertz CT molecular complexity index is 718. The number of ether oxygens (including phenoxy) is 1. The quantitative estimate of drug-likeness (QED) is 0.878. The minimum atomic E-state index is -0.598. The molecule has 0 aromatic heterocycles. The zero-order valence-corrected chi connectivity index (χ0v) is 13.4. The summed E-state index contributed by atoms with van der Waals surface area (Å²) in [7, 11) is 1.57. The molecule has 0 radical (unpaired) electrons. The first-order chi connectivity index (χ1) is 11.1. The minimum absolute atomic E-state index is 0.245. The van der Waals surface area contributed by atoms with Crippen molar-refractivity contribution in [1.82, 2.24) is 0 Å². The smallest absolute Gasteiger partial charge is 0.326 e. The number of hydrogen-bond donors (Lipinski definition) is 2. The van der Waals surface area contributed by atoms with Gasteiger partial charge in [-0.2, -0.15) is 0 Å². The van der Waals surface area contributed by atoms with Crippen LogP contribution in [-0.4, -0.2) is 24.8 Å². The monoisotopic (exact) mass is 332 g/mol. The fourth-order valence-electron chi connectivity index (χ4n) is 2.63. The average molecular weight is 333 g/mol. The Morgan fingerprint density at radius 2 is 2.04 bits per heavy atom. The summed E-state index contributed by atoms with van der Waals surface area (Å²) in [6.45, 7) is 0.444. The van der Waals surface area contributed by atoms with Crippen LogP contribution in [0.3, 0.4) is 0 Å². The number of rotatable bonds is 2. The lowest BCUT2D eigenvalue weighted by Gasteiger charge is -2.32. The van der Waals surface area contributed by atoms with Gasteiger partial charge in [-0.1, -0.05) is 11.6 Å². The van der Waals surface area contributed by atoms with E-state index in [1.807, 2.05) is 0 Å². The number of carbonyl (C=O) groups is 1. The standard InChI is InChI=1S/C17H17ClN2O3/c1-23-13-6-7-15-14(10-13)16(21)8-9-20(15)17(22)19-12-4-2-11(18)3-5-12/h2-7,10,16,21H,8-9H2,1H3,(H,19,22). The molecule has 6 heteroatoms. The van der Waals surface area contributed by atoms with Crippen LogP contribution in [0.2, 0.25) is 5.02 Å². The first kappa shape index (κ1) is 15.6. The van der Waals surface area contributed by atoms with Gasteiger partial charge < -0.3 is 15.2 Å². The van der Waals surface area contributed by atoms with E-state index in [-0.39, 0.29) is 6.03 Å². The summed E-state index contributed by atoms with van der Waals surface area (Å²) in [5, 5.41) is 13.6. The van der Waals surface area contributed by atoms with Crippen LogP contribution in [-0.2, 0) is 0 Å². The Hall–Kier alpha value is -2.24. The number of halogens is 1. The Labute approximate surface area is 139 Å². The molecule has 5 nitrogen and oxygen atoms in total. The molecule has 1 atom stereocenters. The summed E-state index contributed by atoms with van der Waals surface area (Å²) in [6, 6.07) is 12.0. The Morgan fingerprint density at radius 3 is 2.74 bits per heavy atom.